The Morgan fingerprint density at radius 2 is 1.79 bits per heavy atom. The zero-order valence-corrected chi connectivity index (χ0v) is 17.8. The molecule has 9 nitrogen and oxygen atoms in total. The van der Waals surface area contributed by atoms with Crippen LogP contribution in [0.5, 0.6) is 5.75 Å². The molecule has 0 radical (unpaired) electrons. The zero-order chi connectivity index (χ0) is 21.3. The Morgan fingerprint density at radius 1 is 1.14 bits per heavy atom. The number of anilines is 1. The highest BCUT2D eigenvalue weighted by molar-refractivity contribution is 9.10. The van der Waals surface area contributed by atoms with Crippen molar-refractivity contribution < 1.29 is 24.0 Å². The van der Waals surface area contributed by atoms with Crippen molar-refractivity contribution in [3.8, 4) is 5.75 Å². The minimum atomic E-state index is -0.900. The van der Waals surface area contributed by atoms with Crippen molar-refractivity contribution in [3.05, 3.63) is 66.6 Å². The minimum absolute atomic E-state index is 0.00300. The van der Waals surface area contributed by atoms with E-state index >= 15 is 0 Å². The number of benzene rings is 2. The maximum Gasteiger partial charge on any atom is 0.335 e. The number of methoxy groups -OCH3 is 1. The molecule has 0 spiro atoms. The molecule has 11 heteroatoms. The molecule has 1 N–H and O–H groups in total. The fraction of sp³-hybridized carbons (Fsp3) is 0.0556. The monoisotopic (exact) mass is 523 g/mol. The van der Waals surface area contributed by atoms with E-state index < -0.39 is 22.8 Å². The second-order valence-corrected chi connectivity index (χ2v) is 7.52. The number of nitrogens with zero attached hydrogens (tertiary/aromatic N) is 2. The highest BCUT2D eigenvalue weighted by atomic mass is 79.9. The number of amides is 4. The van der Waals surface area contributed by atoms with Gasteiger partial charge in [0, 0.05) is 10.5 Å². The lowest BCUT2D eigenvalue weighted by Crippen LogP contribution is -2.54. The molecule has 1 heterocycles. The third-order valence-corrected chi connectivity index (χ3v) is 5.06. The van der Waals surface area contributed by atoms with Gasteiger partial charge in [0.15, 0.2) is 0 Å². The molecule has 3 rings (SSSR count). The molecule has 148 valence electrons. The van der Waals surface area contributed by atoms with Crippen LogP contribution in [0.2, 0.25) is 0 Å². The van der Waals surface area contributed by atoms with Gasteiger partial charge in [-0.2, -0.15) is 0 Å². The summed E-state index contributed by atoms with van der Waals surface area (Å²) in [7, 11) is 1.28. The van der Waals surface area contributed by atoms with Gasteiger partial charge in [-0.15, -0.1) is 0 Å². The van der Waals surface area contributed by atoms with Crippen LogP contribution in [0.4, 0.5) is 16.2 Å². The van der Waals surface area contributed by atoms with Crippen LogP contribution in [-0.4, -0.2) is 29.9 Å². The number of nitro groups is 1. The number of urea groups is 1. The van der Waals surface area contributed by atoms with Gasteiger partial charge >= 0.3 is 11.7 Å². The topological polar surface area (TPSA) is 119 Å². The predicted octanol–water partition coefficient (Wildman–Crippen LogP) is 3.79. The average molecular weight is 525 g/mol. The van der Waals surface area contributed by atoms with Crippen molar-refractivity contribution in [2.24, 2.45) is 0 Å². The second kappa shape index (κ2) is 8.13. The number of barbiturate groups is 1. The first-order valence-corrected chi connectivity index (χ1v) is 9.50. The number of imide groups is 2. The maximum absolute atomic E-state index is 12.9. The molecule has 0 saturated carbocycles. The molecule has 1 aliphatic heterocycles. The Hall–Kier alpha value is -3.05. The van der Waals surface area contributed by atoms with E-state index in [1.165, 1.54) is 31.4 Å². The minimum Gasteiger partial charge on any atom is -0.489 e. The van der Waals surface area contributed by atoms with Crippen LogP contribution >= 0.6 is 31.9 Å². The summed E-state index contributed by atoms with van der Waals surface area (Å²) in [6.45, 7) is 0. The van der Waals surface area contributed by atoms with Crippen LogP contribution in [0.15, 0.2) is 50.9 Å². The molecular formula is C18H11Br2N3O6. The van der Waals surface area contributed by atoms with E-state index in [1.54, 1.807) is 12.1 Å². The summed E-state index contributed by atoms with van der Waals surface area (Å²) in [5.41, 5.74) is -0.235. The number of rotatable bonds is 4. The molecular weight excluding hydrogens is 514 g/mol. The Bertz CT molecular complexity index is 1080. The van der Waals surface area contributed by atoms with E-state index in [1.807, 2.05) is 0 Å². The van der Waals surface area contributed by atoms with Gasteiger partial charge in [0.05, 0.1) is 22.2 Å². The number of nitrogens with one attached hydrogen (secondary N) is 1. The van der Waals surface area contributed by atoms with Crippen LogP contribution < -0.4 is 15.0 Å². The predicted molar refractivity (Wildman–Crippen MR) is 110 cm³/mol. The first-order chi connectivity index (χ1) is 13.7. The van der Waals surface area contributed by atoms with Gasteiger partial charge in [-0.25, -0.2) is 9.69 Å². The summed E-state index contributed by atoms with van der Waals surface area (Å²) < 4.78 is 6.02. The van der Waals surface area contributed by atoms with Crippen molar-refractivity contribution in [2.75, 3.05) is 12.0 Å². The Morgan fingerprint density at radius 3 is 2.38 bits per heavy atom. The second-order valence-electron chi connectivity index (χ2n) is 5.75. The van der Waals surface area contributed by atoms with Crippen molar-refractivity contribution in [3.63, 3.8) is 0 Å². The normalized spacial score (nSPS) is 15.5. The molecule has 0 bridgehead atoms. The summed E-state index contributed by atoms with van der Waals surface area (Å²) in [6, 6.07) is 8.07. The largest absolute Gasteiger partial charge is 0.489 e. The number of nitro benzene ring substituents is 1. The smallest absolute Gasteiger partial charge is 0.335 e. The van der Waals surface area contributed by atoms with Gasteiger partial charge in [0.1, 0.15) is 5.57 Å². The first-order valence-electron chi connectivity index (χ1n) is 7.92. The Labute approximate surface area is 180 Å². The zero-order valence-electron chi connectivity index (χ0n) is 14.6. The number of carbonyl (C=O) groups excluding carboxylic acids is 3. The lowest BCUT2D eigenvalue weighted by Gasteiger charge is -2.26. The van der Waals surface area contributed by atoms with E-state index in [2.05, 4.69) is 37.2 Å². The van der Waals surface area contributed by atoms with Crippen LogP contribution in [-0.2, 0) is 9.59 Å². The standard InChI is InChI=1S/C18H11Br2N3O6/c1-29-15-13(20)7-9(8-14(15)23(27)28)6-12-16(24)21-18(26)22(17(12)25)11-4-2-10(19)3-5-11/h2-8H,1H3,(H,21,24,26)/b12-6+. The van der Waals surface area contributed by atoms with Gasteiger partial charge in [-0.1, -0.05) is 15.9 Å². The van der Waals surface area contributed by atoms with E-state index in [0.29, 0.717) is 0 Å². The lowest BCUT2D eigenvalue weighted by molar-refractivity contribution is -0.385. The summed E-state index contributed by atoms with van der Waals surface area (Å²) >= 11 is 6.44. The summed E-state index contributed by atoms with van der Waals surface area (Å²) in [4.78, 5) is 48.8. The SMILES string of the molecule is COc1c(Br)cc(/C=C2\C(=O)NC(=O)N(c3ccc(Br)cc3)C2=O)cc1[N+](=O)[O-]. The first kappa shape index (κ1) is 20.7. The van der Waals surface area contributed by atoms with Gasteiger partial charge in [-0.05, 0) is 57.9 Å². The van der Waals surface area contributed by atoms with Crippen molar-refractivity contribution in [1.29, 1.82) is 0 Å². The fourth-order valence-corrected chi connectivity index (χ4v) is 3.56. The van der Waals surface area contributed by atoms with Crippen molar-refractivity contribution in [1.82, 2.24) is 5.32 Å². The van der Waals surface area contributed by atoms with Gasteiger partial charge in [0.2, 0.25) is 5.75 Å². The number of carbonyl (C=O) groups is 3. The average Bonchev–Trinajstić information content (AvgIpc) is 2.66. The Kier molecular flexibility index (Phi) is 5.80. The van der Waals surface area contributed by atoms with Gasteiger partial charge in [0.25, 0.3) is 11.8 Å². The lowest BCUT2D eigenvalue weighted by atomic mass is 10.1. The van der Waals surface area contributed by atoms with Crippen LogP contribution in [0.25, 0.3) is 6.08 Å². The molecule has 1 aliphatic rings. The van der Waals surface area contributed by atoms with E-state index in [4.69, 9.17) is 4.74 Å². The highest BCUT2D eigenvalue weighted by Crippen LogP contribution is 2.37. The molecule has 1 saturated heterocycles. The highest BCUT2D eigenvalue weighted by Gasteiger charge is 2.37. The molecule has 0 aliphatic carbocycles. The summed E-state index contributed by atoms with van der Waals surface area (Å²) in [5, 5.41) is 13.4. The Balaban J connectivity index is 2.07. The third kappa shape index (κ3) is 4.05. The number of halogens is 2. The van der Waals surface area contributed by atoms with Gasteiger partial charge < -0.3 is 4.74 Å². The summed E-state index contributed by atoms with van der Waals surface area (Å²) in [6.07, 6.45) is 1.17. The number of hydrogen-bond donors (Lipinski definition) is 1. The van der Waals surface area contributed by atoms with Crippen LogP contribution in [0.1, 0.15) is 5.56 Å². The van der Waals surface area contributed by atoms with Crippen molar-refractivity contribution in [2.45, 2.75) is 0 Å². The van der Waals surface area contributed by atoms with Crippen LogP contribution in [0, 0.1) is 10.1 Å². The maximum atomic E-state index is 12.9. The molecule has 2 aromatic rings. The van der Waals surface area contributed by atoms with E-state index in [-0.39, 0.29) is 32.7 Å². The molecule has 0 unspecified atom stereocenters. The quantitative estimate of drug-likeness (QED) is 0.281. The molecule has 1 fully saturated rings. The van der Waals surface area contributed by atoms with E-state index in [0.717, 1.165) is 15.4 Å². The summed E-state index contributed by atoms with van der Waals surface area (Å²) in [5.74, 6) is -1.75. The van der Waals surface area contributed by atoms with Crippen LogP contribution in [0.3, 0.4) is 0 Å². The molecule has 0 aromatic heterocycles. The molecule has 2 aromatic carbocycles. The molecule has 4 amide bonds. The van der Waals surface area contributed by atoms with Crippen molar-refractivity contribution >= 4 is 67.2 Å². The number of hydrogen-bond acceptors (Lipinski definition) is 6. The molecule has 29 heavy (non-hydrogen) atoms. The number of ether oxygens (including phenoxy) is 1. The third-order valence-electron chi connectivity index (χ3n) is 3.94. The van der Waals surface area contributed by atoms with E-state index in [9.17, 15) is 24.5 Å². The van der Waals surface area contributed by atoms with Gasteiger partial charge in [-0.3, -0.25) is 25.0 Å². The molecule has 0 atom stereocenters. The fourth-order valence-electron chi connectivity index (χ4n) is 2.67.